The summed E-state index contributed by atoms with van der Waals surface area (Å²) in [5, 5.41) is 2.57. The molecule has 0 aromatic heterocycles. The highest BCUT2D eigenvalue weighted by atomic mass is 32.2. The number of carbonyl (C=O) groups is 1. The molecule has 2 aromatic rings. The van der Waals surface area contributed by atoms with Crippen molar-refractivity contribution in [3.63, 3.8) is 0 Å². The van der Waals surface area contributed by atoms with Gasteiger partial charge in [0.2, 0.25) is 15.7 Å². The summed E-state index contributed by atoms with van der Waals surface area (Å²) in [5.41, 5.74) is 1.09. The van der Waals surface area contributed by atoms with E-state index in [0.29, 0.717) is 11.4 Å². The summed E-state index contributed by atoms with van der Waals surface area (Å²) in [6.07, 6.45) is 0.112. The molecule has 128 valence electrons. The molecule has 5 nitrogen and oxygen atoms in total. The van der Waals surface area contributed by atoms with Gasteiger partial charge in [-0.05, 0) is 42.0 Å². The monoisotopic (exact) mass is 355 g/mol. The summed E-state index contributed by atoms with van der Waals surface area (Å²) in [6, 6.07) is 11.5. The average molecular weight is 355 g/mol. The summed E-state index contributed by atoms with van der Waals surface area (Å²) in [4.78, 5) is 11.5. The Morgan fingerprint density at radius 3 is 2.17 bits per heavy atom. The topological polar surface area (TPSA) is 72.5 Å². The van der Waals surface area contributed by atoms with Crippen LogP contribution in [-0.2, 0) is 21.1 Å². The number of ether oxygens (including phenoxy) is 1. The zero-order valence-corrected chi connectivity index (χ0v) is 13.5. The molecule has 24 heavy (non-hydrogen) atoms. The molecule has 0 aliphatic heterocycles. The third kappa shape index (κ3) is 4.29. The zero-order chi connectivity index (χ0) is 17.7. The van der Waals surface area contributed by atoms with Gasteiger partial charge in [-0.1, -0.05) is 12.1 Å². The van der Waals surface area contributed by atoms with Crippen molar-refractivity contribution < 1.29 is 26.7 Å². The fraction of sp³-hybridized carbons (Fsp3) is 0.188. The first-order valence-corrected chi connectivity index (χ1v) is 8.42. The van der Waals surface area contributed by atoms with Gasteiger partial charge >= 0.3 is 5.76 Å². The lowest BCUT2D eigenvalue weighted by Crippen LogP contribution is -2.15. The van der Waals surface area contributed by atoms with Crippen molar-refractivity contribution in [2.75, 3.05) is 12.4 Å². The molecular formula is C16H15F2NO4S. The van der Waals surface area contributed by atoms with E-state index in [0.717, 1.165) is 17.7 Å². The Labute approximate surface area is 138 Å². The van der Waals surface area contributed by atoms with Crippen molar-refractivity contribution in [3.8, 4) is 5.75 Å². The number of carbonyl (C=O) groups excluding carboxylic acids is 1. The fourth-order valence-electron chi connectivity index (χ4n) is 1.96. The van der Waals surface area contributed by atoms with Crippen LogP contribution in [0.2, 0.25) is 0 Å². The number of benzene rings is 2. The van der Waals surface area contributed by atoms with Crippen LogP contribution in [0.1, 0.15) is 5.56 Å². The zero-order valence-electron chi connectivity index (χ0n) is 12.7. The maximum atomic E-state index is 12.4. The van der Waals surface area contributed by atoms with Crippen LogP contribution in [0.4, 0.5) is 14.5 Å². The number of methoxy groups -OCH3 is 1. The van der Waals surface area contributed by atoms with Crippen molar-refractivity contribution in [3.05, 3.63) is 54.1 Å². The third-order valence-corrected chi connectivity index (χ3v) is 4.62. The van der Waals surface area contributed by atoms with Crippen molar-refractivity contribution in [2.24, 2.45) is 0 Å². The van der Waals surface area contributed by atoms with Crippen molar-refractivity contribution in [1.29, 1.82) is 0 Å². The molecule has 1 N–H and O–H groups in total. The number of nitrogens with one attached hydrogen (secondary N) is 1. The lowest BCUT2D eigenvalue weighted by molar-refractivity contribution is -0.115. The summed E-state index contributed by atoms with van der Waals surface area (Å²) >= 11 is 0. The predicted molar refractivity (Wildman–Crippen MR) is 85.0 cm³/mol. The Bertz CT molecular complexity index is 803. The molecular weight excluding hydrogens is 340 g/mol. The Hall–Kier alpha value is -2.48. The van der Waals surface area contributed by atoms with E-state index < -0.39 is 20.5 Å². The van der Waals surface area contributed by atoms with Crippen molar-refractivity contribution in [2.45, 2.75) is 17.1 Å². The molecule has 0 unspecified atom stereocenters. The van der Waals surface area contributed by atoms with Gasteiger partial charge in [-0.3, -0.25) is 4.79 Å². The molecule has 1 amide bonds. The minimum absolute atomic E-state index is 0.112. The number of alkyl halides is 2. The highest BCUT2D eigenvalue weighted by Gasteiger charge is 2.26. The second kappa shape index (κ2) is 7.39. The number of rotatable bonds is 6. The molecule has 0 heterocycles. The highest BCUT2D eigenvalue weighted by Crippen LogP contribution is 2.20. The van der Waals surface area contributed by atoms with Crippen LogP contribution >= 0.6 is 0 Å². The van der Waals surface area contributed by atoms with Crippen LogP contribution in [0.25, 0.3) is 0 Å². The highest BCUT2D eigenvalue weighted by molar-refractivity contribution is 7.91. The van der Waals surface area contributed by atoms with E-state index in [9.17, 15) is 22.0 Å². The lowest BCUT2D eigenvalue weighted by Gasteiger charge is -2.08. The standard InChI is InChI=1S/C16H15F2NO4S/c1-23-13-6-2-11(3-7-13)10-15(20)19-12-4-8-14(9-5-12)24(21,22)16(17)18/h2-9,16H,10H2,1H3,(H,19,20). The van der Waals surface area contributed by atoms with E-state index in [1.54, 1.807) is 31.4 Å². The van der Waals surface area contributed by atoms with Gasteiger partial charge in [0, 0.05) is 5.69 Å². The maximum Gasteiger partial charge on any atom is 0.341 e. The van der Waals surface area contributed by atoms with Gasteiger partial charge in [0.05, 0.1) is 18.4 Å². The van der Waals surface area contributed by atoms with Gasteiger partial charge in [0.25, 0.3) is 0 Å². The van der Waals surface area contributed by atoms with E-state index in [2.05, 4.69) is 5.32 Å². The maximum absolute atomic E-state index is 12.4. The van der Waals surface area contributed by atoms with Gasteiger partial charge in [-0.15, -0.1) is 0 Å². The summed E-state index contributed by atoms with van der Waals surface area (Å²) in [5.74, 6) is -3.12. The number of anilines is 1. The molecule has 0 radical (unpaired) electrons. The normalized spacial score (nSPS) is 11.3. The Balaban J connectivity index is 2.01. The Kier molecular flexibility index (Phi) is 5.50. The lowest BCUT2D eigenvalue weighted by atomic mass is 10.1. The fourth-order valence-corrected chi connectivity index (χ4v) is 2.69. The number of sulfone groups is 1. The molecule has 2 rings (SSSR count). The number of hydrogen-bond acceptors (Lipinski definition) is 4. The molecule has 2 aromatic carbocycles. The largest absolute Gasteiger partial charge is 0.497 e. The second-order valence-electron chi connectivity index (χ2n) is 4.90. The first-order valence-electron chi connectivity index (χ1n) is 6.88. The second-order valence-corrected chi connectivity index (χ2v) is 6.82. The predicted octanol–water partition coefficient (Wildman–Crippen LogP) is 2.87. The quantitative estimate of drug-likeness (QED) is 0.865. The molecule has 0 saturated carbocycles. The van der Waals surface area contributed by atoms with Gasteiger partial charge < -0.3 is 10.1 Å². The molecule has 0 bridgehead atoms. The third-order valence-electron chi connectivity index (χ3n) is 3.22. The Morgan fingerprint density at radius 2 is 1.67 bits per heavy atom. The first kappa shape index (κ1) is 17.9. The van der Waals surface area contributed by atoms with Crippen LogP contribution in [0, 0.1) is 0 Å². The SMILES string of the molecule is COc1ccc(CC(=O)Nc2ccc(S(=O)(=O)C(F)F)cc2)cc1. The first-order chi connectivity index (χ1) is 11.3. The minimum Gasteiger partial charge on any atom is -0.497 e. The van der Waals surface area contributed by atoms with Crippen LogP contribution < -0.4 is 10.1 Å². The van der Waals surface area contributed by atoms with E-state index in [1.807, 2.05) is 0 Å². The summed E-state index contributed by atoms with van der Waals surface area (Å²) in [6.45, 7) is 0. The summed E-state index contributed by atoms with van der Waals surface area (Å²) in [7, 11) is -3.09. The molecule has 0 aliphatic rings. The molecule has 8 heteroatoms. The van der Waals surface area contributed by atoms with Gasteiger partial charge in [0.1, 0.15) is 5.75 Å². The van der Waals surface area contributed by atoms with Crippen LogP contribution in [0.3, 0.4) is 0 Å². The van der Waals surface area contributed by atoms with Gasteiger partial charge in [-0.2, -0.15) is 8.78 Å². The molecule has 0 aliphatic carbocycles. The number of halogens is 2. The van der Waals surface area contributed by atoms with E-state index >= 15 is 0 Å². The average Bonchev–Trinajstić information content (AvgIpc) is 2.56. The number of hydrogen-bond donors (Lipinski definition) is 1. The molecule has 0 saturated heterocycles. The van der Waals surface area contributed by atoms with E-state index in [4.69, 9.17) is 4.74 Å². The van der Waals surface area contributed by atoms with E-state index in [1.165, 1.54) is 12.1 Å². The van der Waals surface area contributed by atoms with Crippen LogP contribution in [0.5, 0.6) is 5.75 Å². The van der Waals surface area contributed by atoms with Crippen LogP contribution in [-0.4, -0.2) is 27.2 Å². The van der Waals surface area contributed by atoms with E-state index in [-0.39, 0.29) is 12.3 Å². The van der Waals surface area contributed by atoms with Crippen LogP contribution in [0.15, 0.2) is 53.4 Å². The smallest absolute Gasteiger partial charge is 0.341 e. The molecule has 0 atom stereocenters. The molecule has 0 fully saturated rings. The van der Waals surface area contributed by atoms with Crippen molar-refractivity contribution in [1.82, 2.24) is 0 Å². The molecule has 0 spiro atoms. The van der Waals surface area contributed by atoms with Gasteiger partial charge in [0.15, 0.2) is 0 Å². The number of amides is 1. The minimum atomic E-state index is -4.64. The Morgan fingerprint density at radius 1 is 1.08 bits per heavy atom. The van der Waals surface area contributed by atoms with Crippen molar-refractivity contribution >= 4 is 21.4 Å². The summed E-state index contributed by atoms with van der Waals surface area (Å²) < 4.78 is 52.5. The van der Waals surface area contributed by atoms with Gasteiger partial charge in [-0.25, -0.2) is 8.42 Å².